The summed E-state index contributed by atoms with van der Waals surface area (Å²) in [5.74, 6) is 3.73. The van der Waals surface area contributed by atoms with Gasteiger partial charge in [0.15, 0.2) is 0 Å². The molecule has 2 aliphatic rings. The van der Waals surface area contributed by atoms with E-state index < -0.39 is 0 Å². The van der Waals surface area contributed by atoms with E-state index in [9.17, 15) is 0 Å². The van der Waals surface area contributed by atoms with Gasteiger partial charge in [0, 0.05) is 31.2 Å². The van der Waals surface area contributed by atoms with Crippen molar-refractivity contribution in [2.24, 2.45) is 5.92 Å². The van der Waals surface area contributed by atoms with Crippen LogP contribution >= 0.6 is 11.8 Å². The van der Waals surface area contributed by atoms with E-state index >= 15 is 0 Å². The topological polar surface area (TPSA) is 15.3 Å². The molecule has 0 radical (unpaired) electrons. The fourth-order valence-corrected chi connectivity index (χ4v) is 4.16. The van der Waals surface area contributed by atoms with E-state index in [0.29, 0.717) is 5.54 Å². The maximum absolute atomic E-state index is 3.67. The fraction of sp³-hybridized carbons (Fsp3) is 1.00. The molecule has 94 valence electrons. The highest BCUT2D eigenvalue weighted by Crippen LogP contribution is 2.26. The van der Waals surface area contributed by atoms with Gasteiger partial charge in [-0.1, -0.05) is 6.92 Å². The average Bonchev–Trinajstić information content (AvgIpc) is 2.70. The van der Waals surface area contributed by atoms with Crippen LogP contribution in [0.5, 0.6) is 0 Å². The molecule has 0 aromatic carbocycles. The van der Waals surface area contributed by atoms with Gasteiger partial charge in [-0.2, -0.15) is 11.8 Å². The van der Waals surface area contributed by atoms with Crippen LogP contribution in [0.2, 0.25) is 0 Å². The highest BCUT2D eigenvalue weighted by atomic mass is 32.2. The fourth-order valence-electron chi connectivity index (χ4n) is 2.89. The highest BCUT2D eigenvalue weighted by molar-refractivity contribution is 7.99. The quantitative estimate of drug-likeness (QED) is 0.817. The van der Waals surface area contributed by atoms with Gasteiger partial charge in [0.05, 0.1) is 0 Å². The van der Waals surface area contributed by atoms with Crippen LogP contribution in [-0.4, -0.2) is 47.6 Å². The molecule has 2 rings (SSSR count). The summed E-state index contributed by atoms with van der Waals surface area (Å²) in [4.78, 5) is 2.74. The zero-order valence-electron chi connectivity index (χ0n) is 11.0. The molecule has 2 fully saturated rings. The molecular weight excluding hydrogens is 216 g/mol. The summed E-state index contributed by atoms with van der Waals surface area (Å²) < 4.78 is 0. The summed E-state index contributed by atoms with van der Waals surface area (Å²) in [5.41, 5.74) is 0.303. The molecule has 2 aliphatic heterocycles. The molecule has 3 heteroatoms. The second-order valence-electron chi connectivity index (χ2n) is 5.99. The molecule has 0 amide bonds. The molecule has 0 aromatic heterocycles. The Kier molecular flexibility index (Phi) is 4.20. The van der Waals surface area contributed by atoms with E-state index in [-0.39, 0.29) is 0 Å². The first-order chi connectivity index (χ1) is 7.61. The molecular formula is C13H26N2S. The standard InChI is InChI=1S/C13H26N2S/c1-4-12-7-14-13(2,3)10-15(12)8-11-5-6-16-9-11/h11-12,14H,4-10H2,1-3H3. The van der Waals surface area contributed by atoms with E-state index in [2.05, 4.69) is 42.7 Å². The summed E-state index contributed by atoms with van der Waals surface area (Å²) in [6, 6.07) is 0.763. The minimum absolute atomic E-state index is 0.303. The van der Waals surface area contributed by atoms with Crippen LogP contribution in [0.15, 0.2) is 0 Å². The van der Waals surface area contributed by atoms with Gasteiger partial charge in [-0.05, 0) is 44.1 Å². The largest absolute Gasteiger partial charge is 0.309 e. The van der Waals surface area contributed by atoms with Gasteiger partial charge in [-0.15, -0.1) is 0 Å². The van der Waals surface area contributed by atoms with Gasteiger partial charge in [-0.3, -0.25) is 4.90 Å². The first kappa shape index (κ1) is 12.7. The molecule has 1 N–H and O–H groups in total. The van der Waals surface area contributed by atoms with Crippen LogP contribution in [-0.2, 0) is 0 Å². The van der Waals surface area contributed by atoms with E-state index in [1.54, 1.807) is 0 Å². The summed E-state index contributed by atoms with van der Waals surface area (Å²) in [6.45, 7) is 10.7. The van der Waals surface area contributed by atoms with E-state index in [1.165, 1.54) is 44.0 Å². The second kappa shape index (κ2) is 5.28. The van der Waals surface area contributed by atoms with Crippen molar-refractivity contribution in [1.29, 1.82) is 0 Å². The lowest BCUT2D eigenvalue weighted by molar-refractivity contribution is 0.0802. The molecule has 2 atom stereocenters. The third-order valence-corrected chi connectivity index (χ3v) is 5.15. The van der Waals surface area contributed by atoms with Crippen molar-refractivity contribution in [3.8, 4) is 0 Å². The Balaban J connectivity index is 1.91. The number of hydrogen-bond acceptors (Lipinski definition) is 3. The molecule has 0 saturated carbocycles. The normalized spacial score (nSPS) is 35.4. The van der Waals surface area contributed by atoms with Crippen molar-refractivity contribution in [3.63, 3.8) is 0 Å². The zero-order chi connectivity index (χ0) is 11.6. The second-order valence-corrected chi connectivity index (χ2v) is 7.14. The van der Waals surface area contributed by atoms with Crippen LogP contribution in [0, 0.1) is 5.92 Å². The highest BCUT2D eigenvalue weighted by Gasteiger charge is 2.33. The Morgan fingerprint density at radius 1 is 1.44 bits per heavy atom. The monoisotopic (exact) mass is 242 g/mol. The maximum Gasteiger partial charge on any atom is 0.0252 e. The Labute approximate surface area is 105 Å². The lowest BCUT2D eigenvalue weighted by Crippen LogP contribution is -2.62. The van der Waals surface area contributed by atoms with Crippen LogP contribution in [0.25, 0.3) is 0 Å². The summed E-state index contributed by atoms with van der Waals surface area (Å²) in [7, 11) is 0. The van der Waals surface area contributed by atoms with Crippen molar-refractivity contribution in [3.05, 3.63) is 0 Å². The SMILES string of the molecule is CCC1CNC(C)(C)CN1CC1CCSC1. The third-order valence-electron chi connectivity index (χ3n) is 3.92. The minimum atomic E-state index is 0.303. The molecule has 2 heterocycles. The lowest BCUT2D eigenvalue weighted by Gasteiger charge is -2.45. The Hall–Kier alpha value is 0.270. The van der Waals surface area contributed by atoms with E-state index in [0.717, 1.165) is 12.0 Å². The van der Waals surface area contributed by atoms with Gasteiger partial charge in [0.1, 0.15) is 0 Å². The molecule has 16 heavy (non-hydrogen) atoms. The molecule has 2 saturated heterocycles. The first-order valence-corrected chi connectivity index (χ1v) is 7.83. The summed E-state index contributed by atoms with van der Waals surface area (Å²) in [6.07, 6.45) is 2.72. The number of piperazine rings is 1. The van der Waals surface area contributed by atoms with E-state index in [4.69, 9.17) is 0 Å². The molecule has 0 aliphatic carbocycles. The molecule has 0 bridgehead atoms. The van der Waals surface area contributed by atoms with Crippen molar-refractivity contribution in [2.45, 2.75) is 45.2 Å². The van der Waals surface area contributed by atoms with Crippen LogP contribution in [0.4, 0.5) is 0 Å². The number of nitrogens with zero attached hydrogens (tertiary/aromatic N) is 1. The molecule has 0 spiro atoms. The van der Waals surface area contributed by atoms with Gasteiger partial charge >= 0.3 is 0 Å². The number of rotatable bonds is 3. The van der Waals surface area contributed by atoms with Crippen molar-refractivity contribution >= 4 is 11.8 Å². The van der Waals surface area contributed by atoms with Crippen LogP contribution in [0.3, 0.4) is 0 Å². The molecule has 2 unspecified atom stereocenters. The Morgan fingerprint density at radius 3 is 2.88 bits per heavy atom. The Bertz CT molecular complexity index is 224. The zero-order valence-corrected chi connectivity index (χ0v) is 11.8. The summed E-state index contributed by atoms with van der Waals surface area (Å²) in [5, 5.41) is 3.67. The van der Waals surface area contributed by atoms with Crippen molar-refractivity contribution < 1.29 is 0 Å². The van der Waals surface area contributed by atoms with Gasteiger partial charge in [0.25, 0.3) is 0 Å². The van der Waals surface area contributed by atoms with Gasteiger partial charge in [-0.25, -0.2) is 0 Å². The molecule has 2 nitrogen and oxygen atoms in total. The van der Waals surface area contributed by atoms with Gasteiger partial charge in [0.2, 0.25) is 0 Å². The smallest absolute Gasteiger partial charge is 0.0252 e. The maximum atomic E-state index is 3.67. The number of hydrogen-bond donors (Lipinski definition) is 1. The minimum Gasteiger partial charge on any atom is -0.309 e. The first-order valence-electron chi connectivity index (χ1n) is 6.67. The Morgan fingerprint density at radius 2 is 2.25 bits per heavy atom. The number of thioether (sulfide) groups is 1. The lowest BCUT2D eigenvalue weighted by atomic mass is 9.96. The average molecular weight is 242 g/mol. The van der Waals surface area contributed by atoms with Crippen molar-refractivity contribution in [1.82, 2.24) is 10.2 Å². The predicted molar refractivity (Wildman–Crippen MR) is 73.2 cm³/mol. The molecule has 0 aromatic rings. The van der Waals surface area contributed by atoms with Crippen molar-refractivity contribution in [2.75, 3.05) is 31.1 Å². The third kappa shape index (κ3) is 3.14. The summed E-state index contributed by atoms with van der Waals surface area (Å²) >= 11 is 2.14. The number of nitrogens with one attached hydrogen (secondary N) is 1. The van der Waals surface area contributed by atoms with Crippen LogP contribution in [0.1, 0.15) is 33.6 Å². The van der Waals surface area contributed by atoms with Crippen LogP contribution < -0.4 is 5.32 Å². The predicted octanol–water partition coefficient (Wildman–Crippen LogP) is 2.20. The van der Waals surface area contributed by atoms with Gasteiger partial charge < -0.3 is 5.32 Å². The van der Waals surface area contributed by atoms with E-state index in [1.807, 2.05) is 0 Å².